The van der Waals surface area contributed by atoms with Crippen molar-refractivity contribution >= 4 is 34.8 Å². The van der Waals surface area contributed by atoms with Crippen LogP contribution in [0.4, 0.5) is 4.39 Å². The second kappa shape index (κ2) is 8.83. The van der Waals surface area contributed by atoms with E-state index in [1.165, 1.54) is 12.1 Å². The monoisotopic (exact) mass is 436 g/mol. The van der Waals surface area contributed by atoms with Crippen molar-refractivity contribution < 1.29 is 19.2 Å². The zero-order valence-electron chi connectivity index (χ0n) is 16.9. The summed E-state index contributed by atoms with van der Waals surface area (Å²) in [5, 5.41) is 8.90. The van der Waals surface area contributed by atoms with Gasteiger partial charge in [0.25, 0.3) is 11.8 Å². The maximum absolute atomic E-state index is 13.5. The summed E-state index contributed by atoms with van der Waals surface area (Å²) in [6.45, 7) is 2.89. The Labute approximate surface area is 183 Å². The van der Waals surface area contributed by atoms with Gasteiger partial charge in [0.1, 0.15) is 5.82 Å². The average molecular weight is 437 g/mol. The van der Waals surface area contributed by atoms with Crippen molar-refractivity contribution in [1.82, 2.24) is 10.4 Å². The number of rotatable bonds is 4. The number of carbonyl (C=O) groups excluding carboxylic acids is 2. The third-order valence-electron chi connectivity index (χ3n) is 5.30. The molecule has 1 aromatic heterocycles. The van der Waals surface area contributed by atoms with Crippen LogP contribution in [0.5, 0.6) is 0 Å². The number of benzene rings is 2. The molecule has 3 aromatic rings. The molecule has 0 atom stereocenters. The molecule has 0 fully saturated rings. The Morgan fingerprint density at radius 2 is 1.81 bits per heavy atom. The molecule has 1 aliphatic rings. The standard InChI is InChI=1S/C24H21FN2O3S/c1-15-2-9-21(31-15)13-22(17-5-7-20(25)8-6-17)24(29)27-11-10-16-3-4-18(23(28)26-30)12-19(16)14-27/h2-9,12-13,30H,10-11,14H2,1H3,(H,26,28)/b22-13-. The Kier molecular flexibility index (Phi) is 5.97. The molecule has 158 valence electrons. The van der Waals surface area contributed by atoms with Crippen LogP contribution in [0.2, 0.25) is 0 Å². The van der Waals surface area contributed by atoms with Crippen LogP contribution in [-0.4, -0.2) is 28.5 Å². The lowest BCUT2D eigenvalue weighted by atomic mass is 9.95. The number of amides is 2. The number of hydrogen-bond acceptors (Lipinski definition) is 4. The van der Waals surface area contributed by atoms with Crippen molar-refractivity contribution in [2.24, 2.45) is 0 Å². The van der Waals surface area contributed by atoms with E-state index in [-0.39, 0.29) is 11.7 Å². The molecular formula is C24H21FN2O3S. The smallest absolute Gasteiger partial charge is 0.274 e. The summed E-state index contributed by atoms with van der Waals surface area (Å²) in [5.41, 5.74) is 5.05. The van der Waals surface area contributed by atoms with Crippen molar-refractivity contribution in [2.45, 2.75) is 19.9 Å². The van der Waals surface area contributed by atoms with E-state index in [2.05, 4.69) is 0 Å². The zero-order chi connectivity index (χ0) is 22.0. The first-order valence-corrected chi connectivity index (χ1v) is 10.7. The largest absolute Gasteiger partial charge is 0.334 e. The van der Waals surface area contributed by atoms with Gasteiger partial charge in [0.2, 0.25) is 0 Å². The Morgan fingerprint density at radius 1 is 1.06 bits per heavy atom. The molecule has 0 bridgehead atoms. The molecule has 7 heteroatoms. The minimum Gasteiger partial charge on any atom is -0.334 e. The molecule has 2 N–H and O–H groups in total. The van der Waals surface area contributed by atoms with Crippen LogP contribution in [0.25, 0.3) is 11.6 Å². The quantitative estimate of drug-likeness (QED) is 0.361. The molecule has 0 aliphatic carbocycles. The Morgan fingerprint density at radius 3 is 2.48 bits per heavy atom. The van der Waals surface area contributed by atoms with E-state index in [9.17, 15) is 14.0 Å². The van der Waals surface area contributed by atoms with Crippen LogP contribution < -0.4 is 5.48 Å². The normalized spacial score (nSPS) is 13.6. The molecule has 4 rings (SSSR count). The molecule has 0 unspecified atom stereocenters. The number of carbonyl (C=O) groups is 2. The number of hydroxylamine groups is 1. The molecule has 2 aromatic carbocycles. The van der Waals surface area contributed by atoms with Gasteiger partial charge < -0.3 is 4.90 Å². The summed E-state index contributed by atoms with van der Waals surface area (Å²) in [7, 11) is 0. The third kappa shape index (κ3) is 4.57. The van der Waals surface area contributed by atoms with Gasteiger partial charge in [-0.15, -0.1) is 11.3 Å². The van der Waals surface area contributed by atoms with Gasteiger partial charge in [-0.3, -0.25) is 14.8 Å². The highest BCUT2D eigenvalue weighted by Crippen LogP contribution is 2.28. The number of nitrogens with one attached hydrogen (secondary N) is 1. The molecule has 5 nitrogen and oxygen atoms in total. The lowest BCUT2D eigenvalue weighted by Gasteiger charge is -2.30. The topological polar surface area (TPSA) is 69.6 Å². The minimum atomic E-state index is -0.591. The van der Waals surface area contributed by atoms with E-state index in [0.29, 0.717) is 36.2 Å². The predicted molar refractivity (Wildman–Crippen MR) is 118 cm³/mol. The zero-order valence-corrected chi connectivity index (χ0v) is 17.7. The fraction of sp³-hybridized carbons (Fsp3) is 0.167. The first-order valence-electron chi connectivity index (χ1n) is 9.84. The average Bonchev–Trinajstić information content (AvgIpc) is 3.21. The molecule has 0 spiro atoms. The van der Waals surface area contributed by atoms with E-state index in [1.807, 2.05) is 31.2 Å². The van der Waals surface area contributed by atoms with Crippen LogP contribution in [0, 0.1) is 12.7 Å². The van der Waals surface area contributed by atoms with Gasteiger partial charge in [-0.1, -0.05) is 18.2 Å². The Hall–Kier alpha value is -3.29. The summed E-state index contributed by atoms with van der Waals surface area (Å²) in [6.07, 6.45) is 2.51. The first-order chi connectivity index (χ1) is 14.9. The van der Waals surface area contributed by atoms with Crippen LogP contribution >= 0.6 is 11.3 Å². The second-order valence-electron chi connectivity index (χ2n) is 7.41. The van der Waals surface area contributed by atoms with Gasteiger partial charge in [0.15, 0.2) is 0 Å². The molecule has 0 radical (unpaired) electrons. The van der Waals surface area contributed by atoms with Crippen molar-refractivity contribution in [3.63, 3.8) is 0 Å². The fourth-order valence-electron chi connectivity index (χ4n) is 3.68. The van der Waals surface area contributed by atoms with Crippen LogP contribution in [0.3, 0.4) is 0 Å². The third-order valence-corrected chi connectivity index (χ3v) is 6.25. The molecule has 0 saturated carbocycles. The lowest BCUT2D eigenvalue weighted by molar-refractivity contribution is -0.125. The molecule has 2 heterocycles. The van der Waals surface area contributed by atoms with Crippen molar-refractivity contribution in [2.75, 3.05) is 6.54 Å². The van der Waals surface area contributed by atoms with Crippen LogP contribution in [-0.2, 0) is 17.8 Å². The van der Waals surface area contributed by atoms with Gasteiger partial charge >= 0.3 is 0 Å². The van der Waals surface area contributed by atoms with E-state index in [1.54, 1.807) is 46.0 Å². The second-order valence-corrected chi connectivity index (χ2v) is 8.73. The number of hydrogen-bond donors (Lipinski definition) is 2. The van der Waals surface area contributed by atoms with Gasteiger partial charge in [-0.2, -0.15) is 0 Å². The van der Waals surface area contributed by atoms with E-state index < -0.39 is 5.91 Å². The van der Waals surface area contributed by atoms with Gasteiger partial charge in [-0.05, 0) is 72.5 Å². The molecule has 0 saturated heterocycles. The van der Waals surface area contributed by atoms with Crippen molar-refractivity contribution in [3.8, 4) is 0 Å². The molecule has 1 aliphatic heterocycles. The maximum atomic E-state index is 13.5. The number of halogens is 1. The van der Waals surface area contributed by atoms with E-state index in [4.69, 9.17) is 5.21 Å². The minimum absolute atomic E-state index is 0.152. The fourth-order valence-corrected chi connectivity index (χ4v) is 4.50. The summed E-state index contributed by atoms with van der Waals surface area (Å²) in [5.74, 6) is -1.10. The summed E-state index contributed by atoms with van der Waals surface area (Å²) >= 11 is 1.58. The Balaban J connectivity index is 1.67. The number of thiophene rings is 1. The summed E-state index contributed by atoms with van der Waals surface area (Å²) in [6, 6.07) is 15.1. The highest BCUT2D eigenvalue weighted by molar-refractivity contribution is 7.12. The number of fused-ring (bicyclic) bond motifs is 1. The number of aryl methyl sites for hydroxylation is 1. The molecule has 31 heavy (non-hydrogen) atoms. The lowest BCUT2D eigenvalue weighted by Crippen LogP contribution is -2.36. The van der Waals surface area contributed by atoms with Gasteiger partial charge in [0, 0.05) is 34.0 Å². The van der Waals surface area contributed by atoms with Crippen molar-refractivity contribution in [1.29, 1.82) is 0 Å². The molecular weight excluding hydrogens is 415 g/mol. The van der Waals surface area contributed by atoms with Crippen molar-refractivity contribution in [3.05, 3.63) is 92.4 Å². The highest BCUT2D eigenvalue weighted by atomic mass is 32.1. The predicted octanol–water partition coefficient (Wildman–Crippen LogP) is 4.44. The summed E-state index contributed by atoms with van der Waals surface area (Å²) < 4.78 is 13.5. The van der Waals surface area contributed by atoms with E-state index >= 15 is 0 Å². The highest BCUT2D eigenvalue weighted by Gasteiger charge is 2.25. The van der Waals surface area contributed by atoms with Gasteiger partial charge in [0.05, 0.1) is 0 Å². The molecule has 2 amide bonds. The SMILES string of the molecule is Cc1ccc(/C=C(\C(=O)N2CCc3ccc(C(=O)NO)cc3C2)c2ccc(F)cc2)s1. The number of nitrogens with zero attached hydrogens (tertiary/aromatic N) is 1. The Bertz CT molecular complexity index is 1170. The summed E-state index contributed by atoms with van der Waals surface area (Å²) in [4.78, 5) is 29.1. The van der Waals surface area contributed by atoms with Crippen LogP contribution in [0.15, 0.2) is 54.6 Å². The van der Waals surface area contributed by atoms with E-state index in [0.717, 1.165) is 20.9 Å². The first kappa shape index (κ1) is 21.0. The van der Waals surface area contributed by atoms with Crippen LogP contribution in [0.1, 0.15) is 36.8 Å². The van der Waals surface area contributed by atoms with Gasteiger partial charge in [-0.25, -0.2) is 9.87 Å². The maximum Gasteiger partial charge on any atom is 0.274 e.